The van der Waals surface area contributed by atoms with Crippen LogP contribution in [0.15, 0.2) is 30.7 Å². The smallest absolute Gasteiger partial charge is 0.378 e. The van der Waals surface area contributed by atoms with Crippen LogP contribution in [0.25, 0.3) is 0 Å². The molecule has 0 radical (unpaired) electrons. The van der Waals surface area contributed by atoms with Crippen molar-refractivity contribution in [2.75, 3.05) is 5.32 Å². The third-order valence-electron chi connectivity index (χ3n) is 2.89. The van der Waals surface area contributed by atoms with E-state index in [0.717, 1.165) is 24.4 Å². The fourth-order valence-electron chi connectivity index (χ4n) is 1.80. The molecule has 0 aliphatic carbocycles. The summed E-state index contributed by atoms with van der Waals surface area (Å²) in [6.07, 6.45) is -1.05. The highest BCUT2D eigenvalue weighted by Gasteiger charge is 2.30. The van der Waals surface area contributed by atoms with Crippen LogP contribution in [0.4, 0.5) is 18.9 Å². The Morgan fingerprint density at radius 3 is 2.75 bits per heavy atom. The maximum Gasteiger partial charge on any atom is 0.416 e. The van der Waals surface area contributed by atoms with Crippen LogP contribution in [0, 0.1) is 0 Å². The molecule has 0 saturated heterocycles. The summed E-state index contributed by atoms with van der Waals surface area (Å²) in [5, 5.41) is 3.16. The van der Waals surface area contributed by atoms with Gasteiger partial charge in [0.2, 0.25) is 0 Å². The maximum atomic E-state index is 12.6. The third kappa shape index (κ3) is 3.25. The number of aromatic nitrogens is 2. The Morgan fingerprint density at radius 2 is 2.10 bits per heavy atom. The zero-order chi connectivity index (χ0) is 14.8. The van der Waals surface area contributed by atoms with Crippen LogP contribution in [-0.2, 0) is 19.3 Å². The Morgan fingerprint density at radius 1 is 1.35 bits per heavy atom. The van der Waals surface area contributed by atoms with Crippen molar-refractivity contribution in [3.05, 3.63) is 47.0 Å². The van der Waals surface area contributed by atoms with E-state index in [4.69, 9.17) is 11.6 Å². The van der Waals surface area contributed by atoms with Crippen molar-refractivity contribution in [1.82, 2.24) is 9.55 Å². The fourth-order valence-corrected chi connectivity index (χ4v) is 1.99. The number of benzene rings is 1. The molecule has 20 heavy (non-hydrogen) atoms. The molecule has 1 heterocycles. The van der Waals surface area contributed by atoms with Gasteiger partial charge in [-0.25, -0.2) is 4.98 Å². The molecule has 1 aromatic carbocycles. The molecule has 0 amide bonds. The molecule has 0 unspecified atom stereocenters. The van der Waals surface area contributed by atoms with E-state index in [0.29, 0.717) is 6.54 Å². The van der Waals surface area contributed by atoms with Crippen LogP contribution in [-0.4, -0.2) is 9.55 Å². The Hall–Kier alpha value is -1.69. The minimum Gasteiger partial charge on any atom is -0.378 e. The second-order valence-electron chi connectivity index (χ2n) is 4.22. The van der Waals surface area contributed by atoms with Gasteiger partial charge < -0.3 is 9.88 Å². The lowest BCUT2D eigenvalue weighted by molar-refractivity contribution is -0.137. The summed E-state index contributed by atoms with van der Waals surface area (Å²) < 4.78 is 39.8. The zero-order valence-corrected chi connectivity index (χ0v) is 11.5. The van der Waals surface area contributed by atoms with Gasteiger partial charge in [-0.3, -0.25) is 0 Å². The second-order valence-corrected chi connectivity index (χ2v) is 4.62. The summed E-state index contributed by atoms with van der Waals surface area (Å²) >= 11 is 5.91. The Kier molecular flexibility index (Phi) is 4.23. The van der Waals surface area contributed by atoms with Gasteiger partial charge in [0.1, 0.15) is 0 Å². The van der Waals surface area contributed by atoms with Crippen molar-refractivity contribution in [1.29, 1.82) is 0 Å². The molecule has 0 fully saturated rings. The Balaban J connectivity index is 2.17. The van der Waals surface area contributed by atoms with Crippen LogP contribution in [0.2, 0.25) is 5.02 Å². The quantitative estimate of drug-likeness (QED) is 0.918. The molecule has 7 heteroatoms. The predicted molar refractivity (Wildman–Crippen MR) is 71.7 cm³/mol. The van der Waals surface area contributed by atoms with Gasteiger partial charge in [-0.2, -0.15) is 13.2 Å². The number of anilines is 1. The number of hydrogen-bond donors (Lipinski definition) is 1. The number of nitrogens with zero attached hydrogens (tertiary/aromatic N) is 2. The van der Waals surface area contributed by atoms with Crippen molar-refractivity contribution in [3.8, 4) is 0 Å². The van der Waals surface area contributed by atoms with E-state index >= 15 is 0 Å². The molecule has 0 spiro atoms. The first-order valence-corrected chi connectivity index (χ1v) is 6.39. The molecule has 2 rings (SSSR count). The van der Waals surface area contributed by atoms with E-state index in [1.54, 1.807) is 12.5 Å². The summed E-state index contributed by atoms with van der Waals surface area (Å²) in [7, 11) is 0. The third-order valence-corrected chi connectivity index (χ3v) is 3.22. The van der Waals surface area contributed by atoms with Gasteiger partial charge >= 0.3 is 6.18 Å². The van der Waals surface area contributed by atoms with E-state index in [1.807, 2.05) is 11.5 Å². The lowest BCUT2D eigenvalue weighted by atomic mass is 10.2. The molecule has 0 atom stereocenters. The van der Waals surface area contributed by atoms with Crippen molar-refractivity contribution in [3.63, 3.8) is 0 Å². The lowest BCUT2D eigenvalue weighted by Crippen LogP contribution is -2.09. The number of rotatable bonds is 4. The predicted octanol–water partition coefficient (Wildman–Crippen LogP) is 4.19. The zero-order valence-electron chi connectivity index (χ0n) is 10.7. The Labute approximate surface area is 119 Å². The Bertz CT molecular complexity index is 593. The van der Waals surface area contributed by atoms with Gasteiger partial charge in [0, 0.05) is 12.7 Å². The van der Waals surface area contributed by atoms with Gasteiger partial charge in [0.05, 0.1) is 34.8 Å². The van der Waals surface area contributed by atoms with Gasteiger partial charge in [-0.15, -0.1) is 0 Å². The average molecular weight is 304 g/mol. The first-order chi connectivity index (χ1) is 9.41. The highest BCUT2D eigenvalue weighted by atomic mass is 35.5. The summed E-state index contributed by atoms with van der Waals surface area (Å²) in [4.78, 5) is 3.99. The van der Waals surface area contributed by atoms with E-state index in [2.05, 4.69) is 10.3 Å². The highest BCUT2D eigenvalue weighted by Crippen LogP contribution is 2.33. The summed E-state index contributed by atoms with van der Waals surface area (Å²) in [6, 6.07) is 3.21. The standard InChI is InChI=1S/C13H13ClF3N3/c1-2-20-8-18-6-10(20)7-19-12-5-9(13(15,16)17)3-4-11(12)14/h3-6,8,19H,2,7H2,1H3. The molecule has 1 aromatic heterocycles. The van der Waals surface area contributed by atoms with Crippen molar-refractivity contribution < 1.29 is 13.2 Å². The first-order valence-electron chi connectivity index (χ1n) is 6.01. The number of nitrogens with one attached hydrogen (secondary N) is 1. The number of aryl methyl sites for hydroxylation is 1. The second kappa shape index (κ2) is 5.75. The van der Waals surface area contributed by atoms with Crippen LogP contribution < -0.4 is 5.32 Å². The van der Waals surface area contributed by atoms with E-state index in [1.165, 1.54) is 6.07 Å². The highest BCUT2D eigenvalue weighted by molar-refractivity contribution is 6.33. The summed E-state index contributed by atoms with van der Waals surface area (Å²) in [6.45, 7) is 3.06. The number of halogens is 4. The normalized spacial score (nSPS) is 11.7. The summed E-state index contributed by atoms with van der Waals surface area (Å²) in [5.74, 6) is 0. The SMILES string of the molecule is CCn1cncc1CNc1cc(C(F)(F)F)ccc1Cl. The van der Waals surface area contributed by atoms with E-state index in [-0.39, 0.29) is 10.7 Å². The topological polar surface area (TPSA) is 29.9 Å². The molecule has 108 valence electrons. The van der Waals surface area contributed by atoms with Gasteiger partial charge in [-0.05, 0) is 25.1 Å². The average Bonchev–Trinajstić information content (AvgIpc) is 2.83. The van der Waals surface area contributed by atoms with E-state index < -0.39 is 11.7 Å². The minimum atomic E-state index is -4.38. The molecule has 0 aliphatic heterocycles. The molecular formula is C13H13ClF3N3. The number of imidazole rings is 1. The minimum absolute atomic E-state index is 0.251. The molecule has 1 N–H and O–H groups in total. The van der Waals surface area contributed by atoms with Crippen LogP contribution in [0.3, 0.4) is 0 Å². The molecule has 2 aromatic rings. The largest absolute Gasteiger partial charge is 0.416 e. The van der Waals surface area contributed by atoms with Crippen molar-refractivity contribution >= 4 is 17.3 Å². The van der Waals surface area contributed by atoms with Crippen LogP contribution in [0.5, 0.6) is 0 Å². The van der Waals surface area contributed by atoms with Gasteiger partial charge in [-0.1, -0.05) is 11.6 Å². The maximum absolute atomic E-state index is 12.6. The lowest BCUT2D eigenvalue weighted by Gasteiger charge is -2.13. The van der Waals surface area contributed by atoms with Crippen LogP contribution >= 0.6 is 11.6 Å². The first kappa shape index (κ1) is 14.7. The summed E-state index contributed by atoms with van der Waals surface area (Å²) in [5.41, 5.74) is 0.403. The molecule has 0 aliphatic rings. The molecule has 0 saturated carbocycles. The molecular weight excluding hydrogens is 291 g/mol. The van der Waals surface area contributed by atoms with Crippen LogP contribution in [0.1, 0.15) is 18.2 Å². The monoisotopic (exact) mass is 303 g/mol. The van der Waals surface area contributed by atoms with E-state index in [9.17, 15) is 13.2 Å². The molecule has 3 nitrogen and oxygen atoms in total. The van der Waals surface area contributed by atoms with Gasteiger partial charge in [0.15, 0.2) is 0 Å². The van der Waals surface area contributed by atoms with Gasteiger partial charge in [0.25, 0.3) is 0 Å². The van der Waals surface area contributed by atoms with Crippen molar-refractivity contribution in [2.45, 2.75) is 26.2 Å². The number of hydrogen-bond acceptors (Lipinski definition) is 2. The number of alkyl halides is 3. The van der Waals surface area contributed by atoms with Crippen molar-refractivity contribution in [2.24, 2.45) is 0 Å². The fraction of sp³-hybridized carbons (Fsp3) is 0.308. The molecule has 0 bridgehead atoms.